The summed E-state index contributed by atoms with van der Waals surface area (Å²) in [5.41, 5.74) is 0. The Balaban J connectivity index is 2.58. The molecule has 0 radical (unpaired) electrons. The monoisotopic (exact) mass is 297 g/mol. The van der Waals surface area contributed by atoms with E-state index >= 15 is 0 Å². The first-order chi connectivity index (χ1) is 9.47. The number of hydrogen-bond donors (Lipinski definition) is 0. The molecule has 0 aliphatic rings. The third-order valence-electron chi connectivity index (χ3n) is 3.53. The molecular formula is C16H27NO2S. The Hall–Kier alpha value is -0.870. The van der Waals surface area contributed by atoms with E-state index in [4.69, 9.17) is 0 Å². The van der Waals surface area contributed by atoms with Crippen molar-refractivity contribution in [3.8, 4) is 0 Å². The highest BCUT2D eigenvalue weighted by atomic mass is 32.2. The van der Waals surface area contributed by atoms with Crippen LogP contribution in [0.4, 0.5) is 0 Å². The van der Waals surface area contributed by atoms with Gasteiger partial charge in [0.05, 0.1) is 10.6 Å². The fraction of sp³-hybridized carbons (Fsp3) is 0.625. The lowest BCUT2D eigenvalue weighted by Crippen LogP contribution is -2.36. The van der Waals surface area contributed by atoms with Crippen LogP contribution in [0.2, 0.25) is 0 Å². The van der Waals surface area contributed by atoms with E-state index in [1.165, 1.54) is 12.8 Å². The molecule has 3 nitrogen and oxygen atoms in total. The highest BCUT2D eigenvalue weighted by Crippen LogP contribution is 2.11. The van der Waals surface area contributed by atoms with Crippen molar-refractivity contribution in [2.75, 3.05) is 18.8 Å². The number of nitrogens with zero attached hydrogens (tertiary/aromatic N) is 1. The summed E-state index contributed by atoms with van der Waals surface area (Å²) in [5.74, 6) is 0.196. The quantitative estimate of drug-likeness (QED) is 0.656. The topological polar surface area (TPSA) is 37.4 Å². The molecule has 0 heterocycles. The third kappa shape index (κ3) is 5.63. The SMILES string of the molecule is CCCCCN(CCS(=O)(=O)c1ccccc1)C(C)C. The minimum Gasteiger partial charge on any atom is -0.300 e. The van der Waals surface area contributed by atoms with E-state index in [9.17, 15) is 8.42 Å². The molecule has 0 fully saturated rings. The van der Waals surface area contributed by atoms with Gasteiger partial charge in [-0.3, -0.25) is 4.90 Å². The molecule has 114 valence electrons. The molecule has 0 saturated heterocycles. The number of rotatable bonds is 9. The molecule has 0 unspecified atom stereocenters. The summed E-state index contributed by atoms with van der Waals surface area (Å²) < 4.78 is 24.5. The molecule has 0 saturated carbocycles. The van der Waals surface area contributed by atoms with E-state index in [0.29, 0.717) is 17.5 Å². The maximum absolute atomic E-state index is 12.3. The standard InChI is InChI=1S/C16H27NO2S/c1-4-5-9-12-17(15(2)3)13-14-20(18,19)16-10-7-6-8-11-16/h6-8,10-11,15H,4-5,9,12-14H2,1-3H3. The highest BCUT2D eigenvalue weighted by Gasteiger charge is 2.17. The average molecular weight is 297 g/mol. The van der Waals surface area contributed by atoms with Crippen LogP contribution in [0.1, 0.15) is 40.0 Å². The summed E-state index contributed by atoms with van der Waals surface area (Å²) in [6.07, 6.45) is 3.53. The Morgan fingerprint density at radius 3 is 2.25 bits per heavy atom. The van der Waals surface area contributed by atoms with Gasteiger partial charge in [-0.05, 0) is 38.9 Å². The van der Waals surface area contributed by atoms with Crippen molar-refractivity contribution in [1.82, 2.24) is 4.90 Å². The lowest BCUT2D eigenvalue weighted by Gasteiger charge is -2.26. The van der Waals surface area contributed by atoms with Crippen LogP contribution in [0.15, 0.2) is 35.2 Å². The van der Waals surface area contributed by atoms with Gasteiger partial charge < -0.3 is 0 Å². The van der Waals surface area contributed by atoms with Crippen LogP contribution >= 0.6 is 0 Å². The smallest absolute Gasteiger partial charge is 0.179 e. The summed E-state index contributed by atoms with van der Waals surface area (Å²) in [6.45, 7) is 8.02. The van der Waals surface area contributed by atoms with Crippen molar-refractivity contribution < 1.29 is 8.42 Å². The first-order valence-electron chi connectivity index (χ1n) is 7.49. The molecule has 0 spiro atoms. The van der Waals surface area contributed by atoms with E-state index in [2.05, 4.69) is 25.7 Å². The van der Waals surface area contributed by atoms with Crippen molar-refractivity contribution in [2.45, 2.75) is 51.0 Å². The number of hydrogen-bond acceptors (Lipinski definition) is 3. The van der Waals surface area contributed by atoms with Crippen molar-refractivity contribution >= 4 is 9.84 Å². The zero-order valence-corrected chi connectivity index (χ0v) is 13.7. The van der Waals surface area contributed by atoms with Crippen LogP contribution in [0.5, 0.6) is 0 Å². The average Bonchev–Trinajstić information content (AvgIpc) is 2.43. The van der Waals surface area contributed by atoms with Gasteiger partial charge in [-0.15, -0.1) is 0 Å². The Morgan fingerprint density at radius 1 is 1.05 bits per heavy atom. The van der Waals surface area contributed by atoms with Crippen LogP contribution in [-0.2, 0) is 9.84 Å². The number of benzene rings is 1. The Labute approximate surface area is 123 Å². The lowest BCUT2D eigenvalue weighted by molar-refractivity contribution is 0.230. The van der Waals surface area contributed by atoms with Gasteiger partial charge in [-0.25, -0.2) is 8.42 Å². The second-order valence-electron chi connectivity index (χ2n) is 5.47. The largest absolute Gasteiger partial charge is 0.300 e. The second kappa shape index (κ2) is 8.42. The molecule has 1 aromatic carbocycles. The Bertz CT molecular complexity index is 469. The molecule has 0 aliphatic heterocycles. The molecule has 20 heavy (non-hydrogen) atoms. The molecule has 0 bridgehead atoms. The van der Waals surface area contributed by atoms with Crippen LogP contribution in [0.25, 0.3) is 0 Å². The normalized spacial score (nSPS) is 12.2. The zero-order chi connectivity index (χ0) is 15.0. The molecule has 1 aromatic rings. The predicted molar refractivity (Wildman–Crippen MR) is 84.7 cm³/mol. The predicted octanol–water partition coefficient (Wildman–Crippen LogP) is 3.36. The van der Waals surface area contributed by atoms with Gasteiger partial charge in [0, 0.05) is 12.6 Å². The van der Waals surface area contributed by atoms with E-state index in [0.717, 1.165) is 13.0 Å². The van der Waals surface area contributed by atoms with Gasteiger partial charge in [-0.1, -0.05) is 38.0 Å². The lowest BCUT2D eigenvalue weighted by atomic mass is 10.2. The first-order valence-corrected chi connectivity index (χ1v) is 9.14. The summed E-state index contributed by atoms with van der Waals surface area (Å²) in [6, 6.07) is 9.11. The maximum Gasteiger partial charge on any atom is 0.179 e. The first kappa shape index (κ1) is 17.2. The molecule has 0 aromatic heterocycles. The molecule has 0 N–H and O–H groups in total. The van der Waals surface area contributed by atoms with E-state index in [1.54, 1.807) is 24.3 Å². The van der Waals surface area contributed by atoms with Gasteiger partial charge in [0.15, 0.2) is 9.84 Å². The van der Waals surface area contributed by atoms with Gasteiger partial charge in [0.1, 0.15) is 0 Å². The van der Waals surface area contributed by atoms with Gasteiger partial charge in [-0.2, -0.15) is 0 Å². The highest BCUT2D eigenvalue weighted by molar-refractivity contribution is 7.91. The molecule has 0 amide bonds. The summed E-state index contributed by atoms with van der Waals surface area (Å²) in [7, 11) is -3.16. The fourth-order valence-corrected chi connectivity index (χ4v) is 3.46. The van der Waals surface area contributed by atoms with Crippen molar-refractivity contribution in [1.29, 1.82) is 0 Å². The van der Waals surface area contributed by atoms with Crippen molar-refractivity contribution in [3.63, 3.8) is 0 Å². The summed E-state index contributed by atoms with van der Waals surface area (Å²) in [5, 5.41) is 0. The van der Waals surface area contributed by atoms with Crippen LogP contribution < -0.4 is 0 Å². The van der Waals surface area contributed by atoms with Crippen LogP contribution in [-0.4, -0.2) is 38.2 Å². The van der Waals surface area contributed by atoms with Gasteiger partial charge >= 0.3 is 0 Å². The van der Waals surface area contributed by atoms with Crippen LogP contribution in [0, 0.1) is 0 Å². The minimum absolute atomic E-state index is 0.196. The minimum atomic E-state index is -3.16. The zero-order valence-electron chi connectivity index (χ0n) is 12.9. The Morgan fingerprint density at radius 2 is 1.70 bits per heavy atom. The molecule has 0 aliphatic carbocycles. The van der Waals surface area contributed by atoms with Crippen LogP contribution in [0.3, 0.4) is 0 Å². The van der Waals surface area contributed by atoms with Crippen molar-refractivity contribution in [2.24, 2.45) is 0 Å². The summed E-state index contributed by atoms with van der Waals surface area (Å²) >= 11 is 0. The fourth-order valence-electron chi connectivity index (χ4n) is 2.18. The third-order valence-corrected chi connectivity index (χ3v) is 5.24. The van der Waals surface area contributed by atoms with E-state index in [1.807, 2.05) is 6.07 Å². The Kier molecular flexibility index (Phi) is 7.24. The maximum atomic E-state index is 12.3. The molecule has 4 heteroatoms. The number of sulfone groups is 1. The van der Waals surface area contributed by atoms with E-state index < -0.39 is 9.84 Å². The van der Waals surface area contributed by atoms with Crippen molar-refractivity contribution in [3.05, 3.63) is 30.3 Å². The van der Waals surface area contributed by atoms with E-state index in [-0.39, 0.29) is 5.75 Å². The molecular weight excluding hydrogens is 270 g/mol. The van der Waals surface area contributed by atoms with Gasteiger partial charge in [0.2, 0.25) is 0 Å². The molecule has 0 atom stereocenters. The number of unbranched alkanes of at least 4 members (excludes halogenated alkanes) is 2. The second-order valence-corrected chi connectivity index (χ2v) is 7.58. The molecule has 1 rings (SSSR count). The van der Waals surface area contributed by atoms with Gasteiger partial charge in [0.25, 0.3) is 0 Å². The summed E-state index contributed by atoms with van der Waals surface area (Å²) in [4.78, 5) is 2.69.